The highest BCUT2D eigenvalue weighted by Gasteiger charge is 2.69. The maximum absolute atomic E-state index is 13.9. The van der Waals surface area contributed by atoms with E-state index in [0.717, 1.165) is 54.2 Å². The summed E-state index contributed by atoms with van der Waals surface area (Å²) in [6.45, 7) is 1.45. The van der Waals surface area contributed by atoms with E-state index in [-0.39, 0.29) is 58.1 Å². The van der Waals surface area contributed by atoms with Gasteiger partial charge in [0.1, 0.15) is 11.6 Å². The molecule has 222 valence electrons. The van der Waals surface area contributed by atoms with Crippen LogP contribution in [0, 0.1) is 35.4 Å². The first-order valence-electron chi connectivity index (χ1n) is 14.9. The summed E-state index contributed by atoms with van der Waals surface area (Å²) < 4.78 is 19.9. The van der Waals surface area contributed by atoms with Crippen molar-refractivity contribution in [3.8, 4) is 5.75 Å². The van der Waals surface area contributed by atoms with E-state index in [1.165, 1.54) is 40.5 Å². The van der Waals surface area contributed by atoms with Gasteiger partial charge in [0.25, 0.3) is 5.91 Å². The Hall–Kier alpha value is -3.44. The Labute approximate surface area is 255 Å². The largest absolute Gasteiger partial charge is 0.483 e. The van der Waals surface area contributed by atoms with Crippen LogP contribution in [0.25, 0.3) is 0 Å². The minimum absolute atomic E-state index is 0.00247. The van der Waals surface area contributed by atoms with Gasteiger partial charge in [-0.3, -0.25) is 24.1 Å². The van der Waals surface area contributed by atoms with Crippen LogP contribution in [0.1, 0.15) is 42.0 Å². The Morgan fingerprint density at radius 3 is 2.44 bits per heavy atom. The number of carbonyl (C=O) groups is 3. The number of carbonyl (C=O) groups excluding carboxylic acids is 3. The number of hydrogen-bond donors (Lipinski definition) is 1. The molecule has 4 fully saturated rings. The molecule has 5 aliphatic rings. The molecule has 7 atom stereocenters. The Balaban J connectivity index is 1.15. The van der Waals surface area contributed by atoms with Crippen molar-refractivity contribution in [2.24, 2.45) is 29.6 Å². The molecular weight excluding hydrogens is 590 g/mol. The molecule has 3 aromatic rings. The maximum atomic E-state index is 13.9. The summed E-state index contributed by atoms with van der Waals surface area (Å²) in [5.41, 5.74) is 1.30. The number of fused-ring (bicyclic) bond motifs is 9. The second kappa shape index (κ2) is 10.3. The van der Waals surface area contributed by atoms with E-state index in [4.69, 9.17) is 4.74 Å². The van der Waals surface area contributed by atoms with Crippen molar-refractivity contribution in [3.63, 3.8) is 0 Å². The van der Waals surface area contributed by atoms with Gasteiger partial charge in [0, 0.05) is 34.7 Å². The zero-order chi connectivity index (χ0) is 29.4. The maximum Gasteiger partial charge on any atom is 0.305 e. The van der Waals surface area contributed by atoms with Crippen molar-refractivity contribution in [1.29, 1.82) is 0 Å². The topological polar surface area (TPSA) is 99.8 Å². The second-order valence-corrected chi connectivity index (χ2v) is 14.4. The molecule has 3 amide bonds. The molecule has 1 N–H and O–H groups in total. The smallest absolute Gasteiger partial charge is 0.305 e. The number of likely N-dealkylation sites (tertiary alicyclic amines) is 1. The summed E-state index contributed by atoms with van der Waals surface area (Å²) in [6.07, 6.45) is 3.91. The Bertz CT molecular complexity index is 1680. The number of ether oxygens (including phenoxy) is 1. The number of benzene rings is 2. The number of imide groups is 1. The first-order valence-corrected chi connectivity index (χ1v) is 16.6. The molecule has 11 heteroatoms. The molecule has 8 rings (SSSR count). The Morgan fingerprint density at radius 1 is 0.953 bits per heavy atom. The number of hydrogen-bond acceptors (Lipinski definition) is 7. The van der Waals surface area contributed by atoms with E-state index in [0.29, 0.717) is 11.4 Å². The number of nitrogens with zero attached hydrogens (tertiary/aromatic N) is 2. The SMILES string of the molecule is O=C(COc1ccccc1[C@H]1c2sc(=O)[nH]c2SC2C3CC(C4C(=O)N(c5ccc(F)cc5)C(=O)C34)C21)N1CCCCC1. The summed E-state index contributed by atoms with van der Waals surface area (Å²) in [7, 11) is 0. The van der Waals surface area contributed by atoms with Crippen molar-refractivity contribution in [1.82, 2.24) is 9.88 Å². The van der Waals surface area contributed by atoms with Crippen LogP contribution in [0.15, 0.2) is 58.4 Å². The lowest BCUT2D eigenvalue weighted by Crippen LogP contribution is -2.43. The molecule has 2 saturated carbocycles. The lowest BCUT2D eigenvalue weighted by Gasteiger charge is -2.43. The van der Waals surface area contributed by atoms with E-state index >= 15 is 0 Å². The minimum atomic E-state index is -0.460. The quantitative estimate of drug-likeness (QED) is 0.418. The summed E-state index contributed by atoms with van der Waals surface area (Å²) >= 11 is 2.82. The molecular formula is C32H30FN3O5S2. The van der Waals surface area contributed by atoms with E-state index in [1.807, 2.05) is 29.2 Å². The highest BCUT2D eigenvalue weighted by Crippen LogP contribution is 2.69. The highest BCUT2D eigenvalue weighted by molar-refractivity contribution is 8.00. The third kappa shape index (κ3) is 4.22. The van der Waals surface area contributed by atoms with Crippen LogP contribution >= 0.6 is 23.1 Å². The number of amides is 3. The molecule has 0 radical (unpaired) electrons. The minimum Gasteiger partial charge on any atom is -0.483 e. The van der Waals surface area contributed by atoms with Gasteiger partial charge >= 0.3 is 4.87 Å². The van der Waals surface area contributed by atoms with Gasteiger partial charge in [-0.2, -0.15) is 0 Å². The van der Waals surface area contributed by atoms with Crippen LogP contribution in [-0.2, 0) is 14.4 Å². The van der Waals surface area contributed by atoms with E-state index < -0.39 is 17.7 Å². The summed E-state index contributed by atoms with van der Waals surface area (Å²) in [6, 6.07) is 13.2. The molecule has 2 aromatic carbocycles. The van der Waals surface area contributed by atoms with Gasteiger partial charge < -0.3 is 14.6 Å². The van der Waals surface area contributed by atoms with Crippen LogP contribution < -0.4 is 14.5 Å². The van der Waals surface area contributed by atoms with Gasteiger partial charge in [-0.1, -0.05) is 29.5 Å². The molecule has 4 heterocycles. The molecule has 8 nitrogen and oxygen atoms in total. The van der Waals surface area contributed by atoms with E-state index in [9.17, 15) is 23.6 Å². The number of anilines is 1. The zero-order valence-corrected chi connectivity index (χ0v) is 24.9. The van der Waals surface area contributed by atoms with Crippen molar-refractivity contribution in [2.75, 3.05) is 24.6 Å². The molecule has 2 aliphatic carbocycles. The molecule has 0 spiro atoms. The normalized spacial score (nSPS) is 30.8. The number of rotatable bonds is 5. The summed E-state index contributed by atoms with van der Waals surface area (Å²) in [5, 5.41) is 0.846. The Kier molecular flexibility index (Phi) is 6.52. The predicted molar refractivity (Wildman–Crippen MR) is 160 cm³/mol. The number of thioether (sulfide) groups is 1. The molecule has 1 aromatic heterocycles. The number of H-pyrrole nitrogens is 1. The number of piperidine rings is 1. The zero-order valence-electron chi connectivity index (χ0n) is 23.2. The first-order chi connectivity index (χ1) is 20.9. The van der Waals surface area contributed by atoms with Crippen molar-refractivity contribution >= 4 is 46.5 Å². The van der Waals surface area contributed by atoms with Gasteiger partial charge in [-0.15, -0.1) is 11.8 Å². The molecule has 2 bridgehead atoms. The van der Waals surface area contributed by atoms with Gasteiger partial charge in [0.15, 0.2) is 6.61 Å². The lowest BCUT2D eigenvalue weighted by molar-refractivity contribution is -0.134. The van der Waals surface area contributed by atoms with Gasteiger partial charge in [0.05, 0.1) is 22.5 Å². The Morgan fingerprint density at radius 2 is 1.67 bits per heavy atom. The van der Waals surface area contributed by atoms with Gasteiger partial charge in [-0.25, -0.2) is 4.39 Å². The fourth-order valence-corrected chi connectivity index (χ4v) is 11.3. The van der Waals surface area contributed by atoms with Crippen molar-refractivity contribution < 1.29 is 23.5 Å². The summed E-state index contributed by atoms with van der Waals surface area (Å²) in [4.78, 5) is 60.2. The molecule has 6 unspecified atom stereocenters. The van der Waals surface area contributed by atoms with Crippen molar-refractivity contribution in [3.05, 3.63) is 74.5 Å². The summed E-state index contributed by atoms with van der Waals surface area (Å²) in [5.74, 6) is -1.48. The van der Waals surface area contributed by atoms with Crippen LogP contribution in [-0.4, -0.2) is 52.6 Å². The van der Waals surface area contributed by atoms with Crippen LogP contribution in [0.5, 0.6) is 5.75 Å². The molecule has 3 aliphatic heterocycles. The highest BCUT2D eigenvalue weighted by atomic mass is 32.2. The number of halogens is 1. The number of aromatic nitrogens is 1. The van der Waals surface area contributed by atoms with Crippen molar-refractivity contribution in [2.45, 2.75) is 41.9 Å². The third-order valence-electron chi connectivity index (χ3n) is 10.1. The first kappa shape index (κ1) is 27.1. The average Bonchev–Trinajstić information content (AvgIpc) is 3.76. The number of para-hydroxylation sites is 1. The third-order valence-corrected chi connectivity index (χ3v) is 12.7. The van der Waals surface area contributed by atoms with Gasteiger partial charge in [0.2, 0.25) is 11.8 Å². The lowest BCUT2D eigenvalue weighted by atomic mass is 9.68. The average molecular weight is 620 g/mol. The second-order valence-electron chi connectivity index (χ2n) is 12.2. The van der Waals surface area contributed by atoms with Crippen LogP contribution in [0.3, 0.4) is 0 Å². The van der Waals surface area contributed by atoms with Crippen LogP contribution in [0.4, 0.5) is 10.1 Å². The van der Waals surface area contributed by atoms with Gasteiger partial charge in [-0.05, 0) is 73.8 Å². The number of aromatic amines is 1. The monoisotopic (exact) mass is 619 g/mol. The standard InChI is InChI=1S/C32H30FN3O5S2/c33-16-8-10-17(11-9-16)36-30(38)25-19-14-20(26(25)31(36)39)27-24(19)23(28-29(42-27)34-32(40)43-28)18-6-2-3-7-21(18)41-15-22(37)35-12-4-1-5-13-35/h2-3,6-11,19-20,23-27H,1,4-5,12-15H2,(H,34,40)/t19?,20?,23-,24?,25?,26?,27?/m1/s1. The number of thiazole rings is 1. The fourth-order valence-electron chi connectivity index (χ4n) is 8.45. The fraction of sp³-hybridized carbons (Fsp3) is 0.438. The number of nitrogens with one attached hydrogen (secondary N) is 1. The van der Waals surface area contributed by atoms with Crippen LogP contribution in [0.2, 0.25) is 0 Å². The predicted octanol–water partition coefficient (Wildman–Crippen LogP) is 4.64. The molecule has 2 saturated heterocycles. The van der Waals surface area contributed by atoms with E-state index in [2.05, 4.69) is 4.98 Å². The van der Waals surface area contributed by atoms with E-state index in [1.54, 1.807) is 11.8 Å². The molecule has 43 heavy (non-hydrogen) atoms.